The number of likely N-dealkylation sites (tertiary alicyclic amines) is 1. The maximum Gasteiger partial charge on any atom is 0.251 e. The third-order valence-corrected chi connectivity index (χ3v) is 5.25. The Morgan fingerprint density at radius 2 is 2.38 bits per heavy atom. The lowest BCUT2D eigenvalue weighted by atomic mass is 10.2. The Labute approximate surface area is 144 Å². The molecule has 0 aromatic carbocycles. The van der Waals surface area contributed by atoms with Crippen LogP contribution in [0.3, 0.4) is 0 Å². The third kappa shape index (κ3) is 3.49. The lowest BCUT2D eigenvalue weighted by Gasteiger charge is -2.29. The molecule has 0 unspecified atom stereocenters. The van der Waals surface area contributed by atoms with Crippen LogP contribution < -0.4 is 11.1 Å². The monoisotopic (exact) mass is 347 g/mol. The van der Waals surface area contributed by atoms with Crippen molar-refractivity contribution in [2.75, 3.05) is 11.9 Å². The highest BCUT2D eigenvalue weighted by Crippen LogP contribution is 2.25. The summed E-state index contributed by atoms with van der Waals surface area (Å²) in [5.74, 6) is -0.649. The molecule has 128 valence electrons. The van der Waals surface area contributed by atoms with Crippen LogP contribution in [0.5, 0.6) is 0 Å². The Bertz CT molecular complexity index is 712. The van der Waals surface area contributed by atoms with Crippen molar-refractivity contribution >= 4 is 28.2 Å². The summed E-state index contributed by atoms with van der Waals surface area (Å²) in [5, 5.41) is 9.36. The lowest BCUT2D eigenvalue weighted by Crippen LogP contribution is -2.46. The summed E-state index contributed by atoms with van der Waals surface area (Å²) in [6.07, 6.45) is 5.81. The van der Waals surface area contributed by atoms with Crippen LogP contribution in [-0.2, 0) is 11.3 Å². The van der Waals surface area contributed by atoms with Crippen LogP contribution in [0.2, 0.25) is 0 Å². The van der Waals surface area contributed by atoms with Gasteiger partial charge in [0.15, 0.2) is 0 Å². The molecule has 3 N–H and O–H groups in total. The fourth-order valence-electron chi connectivity index (χ4n) is 3.16. The molecule has 1 aliphatic rings. The number of aromatic nitrogens is 2. The van der Waals surface area contributed by atoms with Crippen LogP contribution in [0.1, 0.15) is 30.1 Å². The first kappa shape index (κ1) is 16.7. The molecule has 3 heterocycles. The minimum absolute atomic E-state index is 0.118. The maximum absolute atomic E-state index is 12.6. The molecule has 3 rings (SSSR count). The van der Waals surface area contributed by atoms with Crippen LogP contribution in [0, 0.1) is 0 Å². The zero-order valence-electron chi connectivity index (χ0n) is 13.5. The van der Waals surface area contributed by atoms with Gasteiger partial charge in [-0.15, -0.1) is 11.3 Å². The van der Waals surface area contributed by atoms with E-state index >= 15 is 0 Å². The molecule has 2 atom stereocenters. The molecule has 0 aliphatic carbocycles. The Balaban J connectivity index is 1.66. The third-order valence-electron chi connectivity index (χ3n) is 4.42. The second-order valence-electron chi connectivity index (χ2n) is 5.95. The topological polar surface area (TPSA) is 93.2 Å². The van der Waals surface area contributed by atoms with E-state index in [-0.39, 0.29) is 18.0 Å². The summed E-state index contributed by atoms with van der Waals surface area (Å²) in [4.78, 5) is 26.2. The number of carbonyl (C=O) groups is 2. The summed E-state index contributed by atoms with van der Waals surface area (Å²) >= 11 is 1.31. The van der Waals surface area contributed by atoms with Crippen molar-refractivity contribution < 1.29 is 9.59 Å². The first-order valence-electron chi connectivity index (χ1n) is 7.97. The zero-order valence-corrected chi connectivity index (χ0v) is 14.3. The summed E-state index contributed by atoms with van der Waals surface area (Å²) < 4.78 is 1.90. The minimum Gasteiger partial charge on any atom is -0.366 e. The standard InChI is InChI=1S/C16H21N5O2S/c1-11(15(23)19-16-13(14(17)22)5-9-24-16)21-8-2-4-12(21)10-20-7-3-6-18-20/h3,5-7,9,11-12H,2,4,8,10H2,1H3,(H2,17,22)(H,19,23)/t11-,12-/m0/s1. The average Bonchev–Trinajstić information content (AvgIpc) is 3.28. The molecule has 2 aromatic rings. The lowest BCUT2D eigenvalue weighted by molar-refractivity contribution is -0.121. The molecule has 0 bridgehead atoms. The van der Waals surface area contributed by atoms with E-state index in [1.54, 1.807) is 17.6 Å². The van der Waals surface area contributed by atoms with Gasteiger partial charge in [0.25, 0.3) is 5.91 Å². The van der Waals surface area contributed by atoms with Crippen LogP contribution in [0.15, 0.2) is 29.9 Å². The van der Waals surface area contributed by atoms with E-state index in [1.165, 1.54) is 11.3 Å². The molecule has 1 fully saturated rings. The van der Waals surface area contributed by atoms with Gasteiger partial charge >= 0.3 is 0 Å². The fourth-order valence-corrected chi connectivity index (χ4v) is 3.95. The molecule has 1 aliphatic heterocycles. The van der Waals surface area contributed by atoms with Gasteiger partial charge in [0.1, 0.15) is 5.00 Å². The molecule has 0 radical (unpaired) electrons. The van der Waals surface area contributed by atoms with Gasteiger partial charge in [-0.2, -0.15) is 5.10 Å². The number of thiophene rings is 1. The van der Waals surface area contributed by atoms with Crippen molar-refractivity contribution in [2.24, 2.45) is 5.73 Å². The van der Waals surface area contributed by atoms with E-state index in [0.29, 0.717) is 10.6 Å². The van der Waals surface area contributed by atoms with Gasteiger partial charge < -0.3 is 11.1 Å². The zero-order chi connectivity index (χ0) is 17.1. The highest BCUT2D eigenvalue weighted by molar-refractivity contribution is 7.14. The van der Waals surface area contributed by atoms with Gasteiger partial charge in [-0.25, -0.2) is 0 Å². The van der Waals surface area contributed by atoms with Crippen LogP contribution in [0.4, 0.5) is 5.00 Å². The number of nitrogens with zero attached hydrogens (tertiary/aromatic N) is 3. The summed E-state index contributed by atoms with van der Waals surface area (Å²) in [6, 6.07) is 3.53. The van der Waals surface area contributed by atoms with Crippen LogP contribution in [0.25, 0.3) is 0 Å². The second kappa shape index (κ2) is 7.14. The highest BCUT2D eigenvalue weighted by Gasteiger charge is 2.32. The van der Waals surface area contributed by atoms with E-state index in [2.05, 4.69) is 15.3 Å². The van der Waals surface area contributed by atoms with Gasteiger partial charge in [-0.1, -0.05) is 0 Å². The molecule has 2 amide bonds. The smallest absolute Gasteiger partial charge is 0.251 e. The van der Waals surface area contributed by atoms with E-state index in [0.717, 1.165) is 25.9 Å². The van der Waals surface area contributed by atoms with Gasteiger partial charge in [-0.3, -0.25) is 19.2 Å². The Morgan fingerprint density at radius 3 is 3.08 bits per heavy atom. The molecule has 24 heavy (non-hydrogen) atoms. The summed E-state index contributed by atoms with van der Waals surface area (Å²) in [7, 11) is 0. The van der Waals surface area contributed by atoms with Crippen molar-refractivity contribution in [3.63, 3.8) is 0 Å². The van der Waals surface area contributed by atoms with Crippen molar-refractivity contribution in [1.29, 1.82) is 0 Å². The molecule has 2 aromatic heterocycles. The van der Waals surface area contributed by atoms with Gasteiger partial charge in [0.2, 0.25) is 5.91 Å². The SMILES string of the molecule is C[C@@H](C(=O)Nc1sccc1C(N)=O)N1CCC[C@H]1Cn1cccn1. The minimum atomic E-state index is -0.531. The Kier molecular flexibility index (Phi) is 4.96. The number of hydrogen-bond donors (Lipinski definition) is 2. The second-order valence-corrected chi connectivity index (χ2v) is 6.87. The highest BCUT2D eigenvalue weighted by atomic mass is 32.1. The predicted molar refractivity (Wildman–Crippen MR) is 92.9 cm³/mol. The number of carbonyl (C=O) groups excluding carboxylic acids is 2. The first-order valence-corrected chi connectivity index (χ1v) is 8.85. The number of primary amides is 1. The number of nitrogens with two attached hydrogens (primary N) is 1. The number of nitrogens with one attached hydrogen (secondary N) is 1. The molecular weight excluding hydrogens is 326 g/mol. The van der Waals surface area contributed by atoms with Crippen molar-refractivity contribution in [2.45, 2.75) is 38.4 Å². The number of amides is 2. The molecule has 7 nitrogen and oxygen atoms in total. The summed E-state index contributed by atoms with van der Waals surface area (Å²) in [5.41, 5.74) is 5.68. The molecular formula is C16H21N5O2S. The predicted octanol–water partition coefficient (Wildman–Crippen LogP) is 1.54. The molecule has 0 saturated carbocycles. The van der Waals surface area contributed by atoms with E-state index < -0.39 is 5.91 Å². The van der Waals surface area contributed by atoms with E-state index in [4.69, 9.17) is 5.73 Å². The van der Waals surface area contributed by atoms with Crippen LogP contribution >= 0.6 is 11.3 Å². The number of rotatable bonds is 6. The van der Waals surface area contributed by atoms with Gasteiger partial charge in [0.05, 0.1) is 18.2 Å². The number of hydrogen-bond acceptors (Lipinski definition) is 5. The molecule has 0 spiro atoms. The molecule has 8 heteroatoms. The first-order chi connectivity index (χ1) is 11.6. The molecule has 1 saturated heterocycles. The Hall–Kier alpha value is -2.19. The number of anilines is 1. The fraction of sp³-hybridized carbons (Fsp3) is 0.438. The largest absolute Gasteiger partial charge is 0.366 e. The van der Waals surface area contributed by atoms with Gasteiger partial charge in [-0.05, 0) is 43.8 Å². The van der Waals surface area contributed by atoms with Crippen molar-refractivity contribution in [1.82, 2.24) is 14.7 Å². The van der Waals surface area contributed by atoms with E-state index in [9.17, 15) is 9.59 Å². The quantitative estimate of drug-likeness (QED) is 0.829. The maximum atomic E-state index is 12.6. The van der Waals surface area contributed by atoms with Gasteiger partial charge in [0, 0.05) is 18.4 Å². The van der Waals surface area contributed by atoms with Crippen molar-refractivity contribution in [3.05, 3.63) is 35.5 Å². The normalized spacial score (nSPS) is 19.3. The van der Waals surface area contributed by atoms with E-state index in [1.807, 2.05) is 23.9 Å². The average molecular weight is 347 g/mol. The summed E-state index contributed by atoms with van der Waals surface area (Å²) in [6.45, 7) is 3.55. The Morgan fingerprint density at radius 1 is 1.54 bits per heavy atom. The van der Waals surface area contributed by atoms with Crippen LogP contribution in [-0.4, -0.2) is 45.1 Å². The van der Waals surface area contributed by atoms with Crippen molar-refractivity contribution in [3.8, 4) is 0 Å².